The standard InChI is InChI=1S/C47H39ClFN3O5S2/c1-2-57-47(56)41-35-25-24-32(29-14-6-3-7-15-29)26-40(35)59-46(41)52-45(55)42(30-16-8-4-9-17-30)58-34-21-12-20-33(27-34)50-44(54)39(28-36-37(48)22-13-23-38(36)49)51-43(53)31-18-10-5-11-19-31/h3-23,27-28,32,42H,2,24-26H2,1H3,(H,50,54)(H,51,53)(H,52,55)/b39-28+. The van der Waals surface area contributed by atoms with E-state index in [9.17, 15) is 23.6 Å². The maximum absolute atomic E-state index is 14.9. The molecule has 2 unspecified atom stereocenters. The van der Waals surface area contributed by atoms with Crippen molar-refractivity contribution in [2.75, 3.05) is 17.2 Å². The lowest BCUT2D eigenvalue weighted by Gasteiger charge is -2.23. The van der Waals surface area contributed by atoms with Crippen LogP contribution in [-0.4, -0.2) is 30.3 Å². The molecule has 3 N–H and O–H groups in total. The number of anilines is 2. The number of ether oxygens (including phenoxy) is 1. The number of halogens is 2. The minimum Gasteiger partial charge on any atom is -0.462 e. The number of carbonyl (C=O) groups is 4. The summed E-state index contributed by atoms with van der Waals surface area (Å²) in [6.07, 6.45) is 3.50. The molecule has 1 aromatic heterocycles. The summed E-state index contributed by atoms with van der Waals surface area (Å²) in [5, 5.41) is 8.27. The van der Waals surface area contributed by atoms with Crippen molar-refractivity contribution in [3.05, 3.63) is 188 Å². The van der Waals surface area contributed by atoms with Crippen LogP contribution < -0.4 is 16.0 Å². The molecule has 7 rings (SSSR count). The second-order valence-corrected chi connectivity index (χ2v) is 16.4. The Labute approximate surface area is 354 Å². The summed E-state index contributed by atoms with van der Waals surface area (Å²) in [6, 6.07) is 39.0. The molecule has 6 aromatic rings. The van der Waals surface area contributed by atoms with E-state index in [1.807, 2.05) is 54.6 Å². The smallest absolute Gasteiger partial charge is 0.341 e. The van der Waals surface area contributed by atoms with E-state index >= 15 is 0 Å². The van der Waals surface area contributed by atoms with Gasteiger partial charge in [0.05, 0.1) is 17.2 Å². The molecule has 2 atom stereocenters. The van der Waals surface area contributed by atoms with Crippen molar-refractivity contribution in [1.82, 2.24) is 5.32 Å². The van der Waals surface area contributed by atoms with Crippen LogP contribution in [0.4, 0.5) is 15.1 Å². The quantitative estimate of drug-likeness (QED) is 0.0606. The SMILES string of the molecule is CCOC(=O)c1c(NC(=O)C(Sc2cccc(NC(=O)/C(=C\c3c(F)cccc3Cl)NC(=O)c3ccccc3)c2)c2ccccc2)sc2c1CCC(c1ccccc1)C2. The lowest BCUT2D eigenvalue weighted by molar-refractivity contribution is -0.116. The molecule has 0 radical (unpaired) electrons. The highest BCUT2D eigenvalue weighted by Crippen LogP contribution is 2.44. The van der Waals surface area contributed by atoms with E-state index in [4.69, 9.17) is 16.3 Å². The van der Waals surface area contributed by atoms with E-state index in [1.165, 1.54) is 52.9 Å². The zero-order valence-corrected chi connectivity index (χ0v) is 34.3. The number of esters is 1. The number of thioether (sulfide) groups is 1. The zero-order chi connectivity index (χ0) is 41.3. The van der Waals surface area contributed by atoms with Crippen molar-refractivity contribution in [2.24, 2.45) is 0 Å². The van der Waals surface area contributed by atoms with Crippen LogP contribution in [-0.2, 0) is 27.2 Å². The van der Waals surface area contributed by atoms with Crippen LogP contribution in [0.25, 0.3) is 6.08 Å². The maximum Gasteiger partial charge on any atom is 0.341 e. The summed E-state index contributed by atoms with van der Waals surface area (Å²) in [5.41, 5.74) is 3.65. The molecule has 1 aliphatic carbocycles. The van der Waals surface area contributed by atoms with Crippen molar-refractivity contribution < 1.29 is 28.3 Å². The Balaban J connectivity index is 1.15. The van der Waals surface area contributed by atoms with Crippen molar-refractivity contribution in [3.8, 4) is 0 Å². The monoisotopic (exact) mass is 843 g/mol. The summed E-state index contributed by atoms with van der Waals surface area (Å²) in [6.45, 7) is 1.96. The molecule has 1 heterocycles. The van der Waals surface area contributed by atoms with Gasteiger partial charge in [0, 0.05) is 26.6 Å². The average Bonchev–Trinajstić information content (AvgIpc) is 3.61. The molecular formula is C47H39ClFN3O5S2. The number of thiophene rings is 1. The van der Waals surface area contributed by atoms with Crippen LogP contribution >= 0.6 is 34.7 Å². The molecule has 0 saturated heterocycles. The van der Waals surface area contributed by atoms with Gasteiger partial charge in [-0.1, -0.05) is 103 Å². The van der Waals surface area contributed by atoms with E-state index in [0.717, 1.165) is 28.8 Å². The largest absolute Gasteiger partial charge is 0.462 e. The van der Waals surface area contributed by atoms with Crippen LogP contribution in [0.15, 0.2) is 144 Å². The first kappa shape index (κ1) is 41.2. The Bertz CT molecular complexity index is 2490. The molecule has 0 bridgehead atoms. The molecule has 0 fully saturated rings. The van der Waals surface area contributed by atoms with Crippen LogP contribution in [0, 0.1) is 5.82 Å². The predicted molar refractivity (Wildman–Crippen MR) is 234 cm³/mol. The second kappa shape index (κ2) is 19.2. The zero-order valence-electron chi connectivity index (χ0n) is 31.9. The fourth-order valence-corrected chi connectivity index (χ4v) is 9.52. The molecule has 59 heavy (non-hydrogen) atoms. The van der Waals surface area contributed by atoms with Crippen LogP contribution in [0.1, 0.15) is 72.4 Å². The van der Waals surface area contributed by atoms with Crippen LogP contribution in [0.5, 0.6) is 0 Å². The van der Waals surface area contributed by atoms with Gasteiger partial charge in [-0.2, -0.15) is 0 Å². The van der Waals surface area contributed by atoms with Gasteiger partial charge in [-0.15, -0.1) is 23.1 Å². The molecule has 0 spiro atoms. The number of hydrogen-bond donors (Lipinski definition) is 3. The van der Waals surface area contributed by atoms with Gasteiger partial charge in [0.25, 0.3) is 11.8 Å². The lowest BCUT2D eigenvalue weighted by atomic mass is 9.83. The average molecular weight is 844 g/mol. The normalized spacial score (nSPS) is 14.1. The van der Waals surface area contributed by atoms with E-state index < -0.39 is 28.9 Å². The topological polar surface area (TPSA) is 114 Å². The summed E-state index contributed by atoms with van der Waals surface area (Å²) < 4.78 is 20.4. The second-order valence-electron chi connectivity index (χ2n) is 13.7. The Morgan fingerprint density at radius 2 is 1.58 bits per heavy atom. The van der Waals surface area contributed by atoms with Gasteiger partial charge in [0.2, 0.25) is 5.91 Å². The highest BCUT2D eigenvalue weighted by Gasteiger charge is 2.32. The number of carbonyl (C=O) groups excluding carboxylic acids is 4. The van der Waals surface area contributed by atoms with Crippen LogP contribution in [0.2, 0.25) is 5.02 Å². The van der Waals surface area contributed by atoms with Crippen molar-refractivity contribution in [1.29, 1.82) is 0 Å². The first-order valence-electron chi connectivity index (χ1n) is 19.0. The van der Waals surface area contributed by atoms with E-state index in [-0.39, 0.29) is 28.8 Å². The van der Waals surface area contributed by atoms with Crippen LogP contribution in [0.3, 0.4) is 0 Å². The van der Waals surface area contributed by atoms with Gasteiger partial charge in [0.15, 0.2) is 0 Å². The fourth-order valence-electron chi connectivity index (χ4n) is 6.90. The number of rotatable bonds is 13. The first-order valence-corrected chi connectivity index (χ1v) is 21.1. The summed E-state index contributed by atoms with van der Waals surface area (Å²) >= 11 is 8.98. The number of benzene rings is 5. The molecule has 12 heteroatoms. The van der Waals surface area contributed by atoms with Gasteiger partial charge in [-0.05, 0) is 97.3 Å². The Kier molecular flexibility index (Phi) is 13.4. The van der Waals surface area contributed by atoms with Gasteiger partial charge in [-0.25, -0.2) is 9.18 Å². The van der Waals surface area contributed by atoms with Gasteiger partial charge in [-0.3, -0.25) is 14.4 Å². The number of fused-ring (bicyclic) bond motifs is 1. The Hall–Kier alpha value is -6.01. The van der Waals surface area contributed by atoms with Crippen molar-refractivity contribution >= 4 is 75.2 Å². The number of nitrogens with one attached hydrogen (secondary N) is 3. The third-order valence-electron chi connectivity index (χ3n) is 9.76. The molecule has 0 saturated carbocycles. The summed E-state index contributed by atoms with van der Waals surface area (Å²) in [4.78, 5) is 56.6. The van der Waals surface area contributed by atoms with Crippen molar-refractivity contribution in [3.63, 3.8) is 0 Å². The molecule has 3 amide bonds. The van der Waals surface area contributed by atoms with Gasteiger partial charge in [0.1, 0.15) is 21.8 Å². The first-order chi connectivity index (χ1) is 28.7. The Morgan fingerprint density at radius 3 is 2.29 bits per heavy atom. The minimum absolute atomic E-state index is 0.0568. The van der Waals surface area contributed by atoms with E-state index in [2.05, 4.69) is 28.1 Å². The lowest BCUT2D eigenvalue weighted by Crippen LogP contribution is -2.30. The maximum atomic E-state index is 14.9. The van der Waals surface area contributed by atoms with E-state index in [0.29, 0.717) is 39.0 Å². The number of hydrogen-bond acceptors (Lipinski definition) is 7. The van der Waals surface area contributed by atoms with Crippen molar-refractivity contribution in [2.45, 2.75) is 42.2 Å². The fraction of sp³-hybridized carbons (Fsp3) is 0.149. The Morgan fingerprint density at radius 1 is 0.881 bits per heavy atom. The molecule has 298 valence electrons. The highest BCUT2D eigenvalue weighted by molar-refractivity contribution is 8.00. The van der Waals surface area contributed by atoms with Gasteiger partial charge >= 0.3 is 5.97 Å². The third-order valence-corrected chi connectivity index (χ3v) is 12.5. The number of amides is 3. The summed E-state index contributed by atoms with van der Waals surface area (Å²) in [5.74, 6) is -2.48. The molecular weight excluding hydrogens is 805 g/mol. The van der Waals surface area contributed by atoms with E-state index in [1.54, 1.807) is 55.5 Å². The minimum atomic E-state index is -0.766. The molecule has 8 nitrogen and oxygen atoms in total. The molecule has 5 aromatic carbocycles. The third kappa shape index (κ3) is 10.00. The highest BCUT2D eigenvalue weighted by atomic mass is 35.5. The molecule has 1 aliphatic rings. The summed E-state index contributed by atoms with van der Waals surface area (Å²) in [7, 11) is 0. The van der Waals surface area contributed by atoms with Gasteiger partial charge < -0.3 is 20.7 Å². The molecule has 0 aliphatic heterocycles. The predicted octanol–water partition coefficient (Wildman–Crippen LogP) is 10.9.